The standard InChI is InChI=1S/C16H18F2N2O/c1-2-21-16-6-4-3-5-12(16)15(20-19)10-11-7-8-13(17)14(18)9-11/h3-9,15,20H,2,10,19H2,1H3. The van der Waals surface area contributed by atoms with Gasteiger partial charge in [0.1, 0.15) is 5.75 Å². The van der Waals surface area contributed by atoms with Crippen LogP contribution in [0.15, 0.2) is 42.5 Å². The van der Waals surface area contributed by atoms with Crippen molar-refractivity contribution in [2.75, 3.05) is 6.61 Å². The van der Waals surface area contributed by atoms with E-state index in [1.54, 1.807) is 6.07 Å². The van der Waals surface area contributed by atoms with Gasteiger partial charge in [0.05, 0.1) is 12.6 Å². The molecule has 5 heteroatoms. The highest BCUT2D eigenvalue weighted by atomic mass is 19.2. The molecule has 2 aromatic rings. The minimum Gasteiger partial charge on any atom is -0.494 e. The highest BCUT2D eigenvalue weighted by Gasteiger charge is 2.16. The molecule has 0 aliphatic heterocycles. The van der Waals surface area contributed by atoms with Crippen LogP contribution in [0.4, 0.5) is 8.78 Å². The summed E-state index contributed by atoms with van der Waals surface area (Å²) in [7, 11) is 0. The third-order valence-electron chi connectivity index (χ3n) is 3.22. The third kappa shape index (κ3) is 3.77. The van der Waals surface area contributed by atoms with Gasteiger partial charge in [0.2, 0.25) is 0 Å². The molecule has 0 radical (unpaired) electrons. The van der Waals surface area contributed by atoms with E-state index in [2.05, 4.69) is 5.43 Å². The summed E-state index contributed by atoms with van der Waals surface area (Å²) in [6, 6.07) is 11.1. The van der Waals surface area contributed by atoms with Gasteiger partial charge in [-0.15, -0.1) is 0 Å². The summed E-state index contributed by atoms with van der Waals surface area (Å²) < 4.78 is 31.8. The maximum Gasteiger partial charge on any atom is 0.159 e. The predicted molar refractivity (Wildman–Crippen MR) is 77.7 cm³/mol. The van der Waals surface area contributed by atoms with Crippen molar-refractivity contribution in [2.45, 2.75) is 19.4 Å². The van der Waals surface area contributed by atoms with Gasteiger partial charge in [-0.05, 0) is 37.1 Å². The quantitative estimate of drug-likeness (QED) is 0.635. The first kappa shape index (κ1) is 15.4. The molecule has 1 atom stereocenters. The van der Waals surface area contributed by atoms with Gasteiger partial charge in [0, 0.05) is 5.56 Å². The van der Waals surface area contributed by atoms with Gasteiger partial charge >= 0.3 is 0 Å². The minimum atomic E-state index is -0.860. The topological polar surface area (TPSA) is 47.3 Å². The first-order valence-corrected chi connectivity index (χ1v) is 6.77. The SMILES string of the molecule is CCOc1ccccc1C(Cc1ccc(F)c(F)c1)NN. The zero-order valence-electron chi connectivity index (χ0n) is 11.8. The molecule has 21 heavy (non-hydrogen) atoms. The Morgan fingerprint density at radius 2 is 1.90 bits per heavy atom. The molecule has 112 valence electrons. The van der Waals surface area contributed by atoms with Crippen molar-refractivity contribution in [3.05, 3.63) is 65.2 Å². The van der Waals surface area contributed by atoms with Gasteiger partial charge in [-0.2, -0.15) is 0 Å². The van der Waals surface area contributed by atoms with Crippen molar-refractivity contribution in [3.63, 3.8) is 0 Å². The Kier molecular flexibility index (Phi) is 5.25. The van der Waals surface area contributed by atoms with Crippen LogP contribution in [0, 0.1) is 11.6 Å². The molecule has 0 fully saturated rings. The zero-order valence-corrected chi connectivity index (χ0v) is 11.8. The monoisotopic (exact) mass is 292 g/mol. The maximum absolute atomic E-state index is 13.3. The lowest BCUT2D eigenvalue weighted by Gasteiger charge is -2.19. The molecule has 0 bridgehead atoms. The van der Waals surface area contributed by atoms with Crippen LogP contribution in [0.5, 0.6) is 5.75 Å². The van der Waals surface area contributed by atoms with Crippen LogP contribution in [0.3, 0.4) is 0 Å². The molecule has 2 aromatic carbocycles. The zero-order chi connectivity index (χ0) is 15.2. The third-order valence-corrected chi connectivity index (χ3v) is 3.22. The number of rotatable bonds is 6. The molecule has 0 aliphatic rings. The Balaban J connectivity index is 2.25. The Labute approximate surface area is 122 Å². The van der Waals surface area contributed by atoms with Crippen molar-refractivity contribution in [1.29, 1.82) is 0 Å². The van der Waals surface area contributed by atoms with Gasteiger partial charge in [0.25, 0.3) is 0 Å². The van der Waals surface area contributed by atoms with Crippen LogP contribution in [0.1, 0.15) is 24.1 Å². The lowest BCUT2D eigenvalue weighted by atomic mass is 9.98. The van der Waals surface area contributed by atoms with E-state index >= 15 is 0 Å². The van der Waals surface area contributed by atoms with Gasteiger partial charge in [-0.3, -0.25) is 11.3 Å². The molecular weight excluding hydrogens is 274 g/mol. The van der Waals surface area contributed by atoms with Gasteiger partial charge < -0.3 is 4.74 Å². The summed E-state index contributed by atoms with van der Waals surface area (Å²) in [5.74, 6) is 4.62. The molecule has 0 heterocycles. The second-order valence-corrected chi connectivity index (χ2v) is 4.64. The highest BCUT2D eigenvalue weighted by molar-refractivity contribution is 5.37. The summed E-state index contributed by atoms with van der Waals surface area (Å²) in [4.78, 5) is 0. The number of hydrazine groups is 1. The van der Waals surface area contributed by atoms with E-state index in [1.807, 2.05) is 31.2 Å². The largest absolute Gasteiger partial charge is 0.494 e. The van der Waals surface area contributed by atoms with Crippen LogP contribution < -0.4 is 16.0 Å². The first-order valence-electron chi connectivity index (χ1n) is 6.77. The van der Waals surface area contributed by atoms with Crippen molar-refractivity contribution >= 4 is 0 Å². The molecule has 2 rings (SSSR count). The molecule has 3 nitrogen and oxygen atoms in total. The molecule has 0 saturated carbocycles. The lowest BCUT2D eigenvalue weighted by Crippen LogP contribution is -2.30. The second kappa shape index (κ2) is 7.15. The Hall–Kier alpha value is -1.98. The summed E-state index contributed by atoms with van der Waals surface area (Å²) >= 11 is 0. The Morgan fingerprint density at radius 1 is 1.14 bits per heavy atom. The van der Waals surface area contributed by atoms with Gasteiger partial charge in [-0.25, -0.2) is 8.78 Å². The van der Waals surface area contributed by atoms with Crippen molar-refractivity contribution in [2.24, 2.45) is 5.84 Å². The van der Waals surface area contributed by atoms with Crippen molar-refractivity contribution < 1.29 is 13.5 Å². The van der Waals surface area contributed by atoms with E-state index in [4.69, 9.17) is 10.6 Å². The average molecular weight is 292 g/mol. The van der Waals surface area contributed by atoms with Crippen molar-refractivity contribution in [3.8, 4) is 5.75 Å². The average Bonchev–Trinajstić information content (AvgIpc) is 2.49. The summed E-state index contributed by atoms with van der Waals surface area (Å²) in [6.07, 6.45) is 0.428. The molecule has 0 aromatic heterocycles. The van der Waals surface area contributed by atoms with E-state index < -0.39 is 11.6 Å². The molecule has 0 saturated heterocycles. The van der Waals surface area contributed by atoms with Crippen LogP contribution in [-0.2, 0) is 6.42 Å². The molecular formula is C16H18F2N2O. The van der Waals surface area contributed by atoms with Gasteiger partial charge in [0.15, 0.2) is 11.6 Å². The number of nitrogens with two attached hydrogens (primary N) is 1. The number of halogens is 2. The van der Waals surface area contributed by atoms with Crippen molar-refractivity contribution in [1.82, 2.24) is 5.43 Å². The van der Waals surface area contributed by atoms with E-state index in [-0.39, 0.29) is 6.04 Å². The lowest BCUT2D eigenvalue weighted by molar-refractivity contribution is 0.331. The summed E-state index contributed by atoms with van der Waals surface area (Å²) in [6.45, 7) is 2.44. The molecule has 0 aliphatic carbocycles. The number of nitrogens with one attached hydrogen (secondary N) is 1. The van der Waals surface area contributed by atoms with E-state index in [0.29, 0.717) is 18.6 Å². The second-order valence-electron chi connectivity index (χ2n) is 4.64. The predicted octanol–water partition coefficient (Wildman–Crippen LogP) is 3.11. The fourth-order valence-electron chi connectivity index (χ4n) is 2.22. The van der Waals surface area contributed by atoms with Crippen LogP contribution in [-0.4, -0.2) is 6.61 Å². The van der Waals surface area contributed by atoms with E-state index in [1.165, 1.54) is 6.07 Å². The Morgan fingerprint density at radius 3 is 2.57 bits per heavy atom. The van der Waals surface area contributed by atoms with Crippen LogP contribution in [0.2, 0.25) is 0 Å². The normalized spacial score (nSPS) is 12.2. The summed E-state index contributed by atoms with van der Waals surface area (Å²) in [5.41, 5.74) is 4.24. The minimum absolute atomic E-state index is 0.252. The number of para-hydroxylation sites is 1. The number of benzene rings is 2. The highest BCUT2D eigenvalue weighted by Crippen LogP contribution is 2.27. The number of hydrogen-bond acceptors (Lipinski definition) is 3. The molecule has 0 spiro atoms. The van der Waals surface area contributed by atoms with Crippen LogP contribution >= 0.6 is 0 Å². The first-order chi connectivity index (χ1) is 10.2. The van der Waals surface area contributed by atoms with E-state index in [9.17, 15) is 8.78 Å². The maximum atomic E-state index is 13.3. The smallest absolute Gasteiger partial charge is 0.159 e. The fourth-order valence-corrected chi connectivity index (χ4v) is 2.22. The van der Waals surface area contributed by atoms with E-state index in [0.717, 1.165) is 17.4 Å². The van der Waals surface area contributed by atoms with Gasteiger partial charge in [-0.1, -0.05) is 24.3 Å². The molecule has 1 unspecified atom stereocenters. The summed E-state index contributed by atoms with van der Waals surface area (Å²) in [5, 5.41) is 0. The molecule has 3 N–H and O–H groups in total. The van der Waals surface area contributed by atoms with Crippen LogP contribution in [0.25, 0.3) is 0 Å². The number of hydrogen-bond donors (Lipinski definition) is 2. The fraction of sp³-hybridized carbons (Fsp3) is 0.250. The molecule has 0 amide bonds. The number of ether oxygens (including phenoxy) is 1. The Bertz CT molecular complexity index is 605.